The van der Waals surface area contributed by atoms with Gasteiger partial charge in [-0.2, -0.15) is 0 Å². The molecular weight excluding hydrogens is 518 g/mol. The second-order valence-corrected chi connectivity index (χ2v) is 10.1. The van der Waals surface area contributed by atoms with Gasteiger partial charge in [-0.05, 0) is 67.5 Å². The number of nitrogens with zero attached hydrogens (tertiary/aromatic N) is 3. The number of aromatic nitrogens is 1. The summed E-state index contributed by atoms with van der Waals surface area (Å²) in [7, 11) is 0. The molecule has 1 amide bonds. The predicted octanol–water partition coefficient (Wildman–Crippen LogP) is 6.25. The number of hydrogen-bond donors (Lipinski definition) is 2. The molecule has 2 heterocycles. The normalized spacial score (nSPS) is 13.1. The van der Waals surface area contributed by atoms with E-state index in [2.05, 4.69) is 15.6 Å². The molecule has 0 atom stereocenters. The van der Waals surface area contributed by atoms with Crippen molar-refractivity contribution < 1.29 is 9.72 Å². The number of carbonyl (C=O) groups excluding carboxylic acids is 1. The summed E-state index contributed by atoms with van der Waals surface area (Å²) in [5.74, 6) is -0.538. The van der Waals surface area contributed by atoms with Crippen LogP contribution in [0.5, 0.6) is 0 Å². The number of thiocarbonyl (C=S) groups is 1. The molecule has 3 aromatic carbocycles. The molecule has 5 rings (SSSR count). The molecule has 0 saturated carbocycles. The number of anilines is 2. The molecule has 11 heteroatoms. The number of halogens is 1. The standard InChI is InChI=1S/C25H20ClN5O3S2/c26-18-9-8-16(14-17(18)24-28-19-5-1-2-6-22(19)36-24)27-25(35)29-23(32)15-7-10-20(21(13-15)31(33)34)30-11-3-4-12-30/h1-2,5-10,13-14H,3-4,11-12H2,(H2,27,29,32,35). The average Bonchev–Trinajstić information content (AvgIpc) is 3.55. The van der Waals surface area contributed by atoms with Gasteiger partial charge in [0.1, 0.15) is 10.7 Å². The zero-order chi connectivity index (χ0) is 25.2. The Morgan fingerprint density at radius 1 is 1.11 bits per heavy atom. The molecule has 4 aromatic rings. The van der Waals surface area contributed by atoms with Gasteiger partial charge in [0.25, 0.3) is 11.6 Å². The first-order chi connectivity index (χ1) is 17.4. The third kappa shape index (κ3) is 5.01. The van der Waals surface area contributed by atoms with Gasteiger partial charge in [-0.25, -0.2) is 4.98 Å². The van der Waals surface area contributed by atoms with Crippen LogP contribution in [0.2, 0.25) is 5.02 Å². The number of carbonyl (C=O) groups is 1. The van der Waals surface area contributed by atoms with Crippen LogP contribution < -0.4 is 15.5 Å². The first-order valence-corrected chi connectivity index (χ1v) is 12.8. The SMILES string of the molecule is O=C(NC(=S)Nc1ccc(Cl)c(-c2nc3ccccc3s2)c1)c1ccc(N2CCCC2)c([N+](=O)[O-])c1. The van der Waals surface area contributed by atoms with Crippen molar-refractivity contribution in [3.63, 3.8) is 0 Å². The fourth-order valence-corrected chi connectivity index (χ4v) is 5.60. The van der Waals surface area contributed by atoms with Crippen LogP contribution in [0.1, 0.15) is 23.2 Å². The van der Waals surface area contributed by atoms with Gasteiger partial charge < -0.3 is 10.2 Å². The Balaban J connectivity index is 1.31. The van der Waals surface area contributed by atoms with E-state index in [1.54, 1.807) is 24.3 Å². The molecule has 8 nitrogen and oxygen atoms in total. The fourth-order valence-electron chi connectivity index (χ4n) is 4.13. The number of nitrogens with one attached hydrogen (secondary N) is 2. The summed E-state index contributed by atoms with van der Waals surface area (Å²) in [5, 5.41) is 18.6. The Morgan fingerprint density at radius 2 is 1.89 bits per heavy atom. The van der Waals surface area contributed by atoms with Gasteiger partial charge in [0.05, 0.1) is 20.2 Å². The first-order valence-electron chi connectivity index (χ1n) is 11.2. The summed E-state index contributed by atoms with van der Waals surface area (Å²) in [4.78, 5) is 30.6. The van der Waals surface area contributed by atoms with Crippen LogP contribution in [0.4, 0.5) is 17.1 Å². The third-order valence-electron chi connectivity index (χ3n) is 5.86. The third-order valence-corrected chi connectivity index (χ3v) is 7.46. The molecule has 1 aliphatic rings. The van der Waals surface area contributed by atoms with E-state index in [-0.39, 0.29) is 16.4 Å². The number of nitro groups is 1. The molecule has 0 radical (unpaired) electrons. The van der Waals surface area contributed by atoms with E-state index in [0.29, 0.717) is 16.4 Å². The summed E-state index contributed by atoms with van der Waals surface area (Å²) in [6.07, 6.45) is 1.98. The average molecular weight is 538 g/mol. The van der Waals surface area contributed by atoms with E-state index in [4.69, 9.17) is 23.8 Å². The number of hydrogen-bond acceptors (Lipinski definition) is 7. The van der Waals surface area contributed by atoms with Gasteiger partial charge in [-0.1, -0.05) is 23.7 Å². The van der Waals surface area contributed by atoms with E-state index in [9.17, 15) is 14.9 Å². The maximum absolute atomic E-state index is 12.8. The van der Waals surface area contributed by atoms with Crippen LogP contribution in [0.25, 0.3) is 20.8 Å². The zero-order valence-corrected chi connectivity index (χ0v) is 21.3. The molecule has 1 aliphatic heterocycles. The van der Waals surface area contributed by atoms with Crippen molar-refractivity contribution in [3.8, 4) is 10.6 Å². The summed E-state index contributed by atoms with van der Waals surface area (Å²) in [6.45, 7) is 1.53. The quantitative estimate of drug-likeness (QED) is 0.176. The molecule has 36 heavy (non-hydrogen) atoms. The van der Waals surface area contributed by atoms with Crippen LogP contribution in [-0.2, 0) is 0 Å². The molecule has 182 valence electrons. The van der Waals surface area contributed by atoms with Gasteiger partial charge in [0, 0.05) is 36.0 Å². The van der Waals surface area contributed by atoms with Crippen molar-refractivity contribution in [2.45, 2.75) is 12.8 Å². The Hall–Kier alpha value is -3.60. The lowest BCUT2D eigenvalue weighted by Gasteiger charge is -2.18. The number of nitro benzene ring substituents is 1. The van der Waals surface area contributed by atoms with Crippen LogP contribution in [0, 0.1) is 10.1 Å². The number of rotatable bonds is 5. The summed E-state index contributed by atoms with van der Waals surface area (Å²) < 4.78 is 1.05. The van der Waals surface area contributed by atoms with E-state index in [1.807, 2.05) is 35.2 Å². The minimum absolute atomic E-state index is 0.0591. The van der Waals surface area contributed by atoms with Crippen molar-refractivity contribution in [1.82, 2.24) is 10.3 Å². The van der Waals surface area contributed by atoms with Gasteiger partial charge in [-0.3, -0.25) is 20.2 Å². The van der Waals surface area contributed by atoms with Crippen molar-refractivity contribution in [2.75, 3.05) is 23.3 Å². The number of benzene rings is 3. The minimum atomic E-state index is -0.538. The number of amides is 1. The van der Waals surface area contributed by atoms with E-state index in [1.165, 1.54) is 17.4 Å². The van der Waals surface area contributed by atoms with E-state index >= 15 is 0 Å². The smallest absolute Gasteiger partial charge is 0.293 e. The van der Waals surface area contributed by atoms with Crippen molar-refractivity contribution in [2.24, 2.45) is 0 Å². The topological polar surface area (TPSA) is 100 Å². The lowest BCUT2D eigenvalue weighted by molar-refractivity contribution is -0.384. The molecular formula is C25H20ClN5O3S2. The predicted molar refractivity (Wildman–Crippen MR) is 148 cm³/mol. The monoisotopic (exact) mass is 537 g/mol. The Kier molecular flexibility index (Phi) is 6.82. The van der Waals surface area contributed by atoms with Gasteiger partial charge in [0.15, 0.2) is 5.11 Å². The molecule has 0 unspecified atom stereocenters. The Labute approximate surface area is 221 Å². The summed E-state index contributed by atoms with van der Waals surface area (Å²) in [5.41, 5.74) is 2.83. The highest BCUT2D eigenvalue weighted by molar-refractivity contribution is 7.80. The molecule has 1 aromatic heterocycles. The number of fused-ring (bicyclic) bond motifs is 1. The summed E-state index contributed by atoms with van der Waals surface area (Å²) in [6, 6.07) is 17.6. The van der Waals surface area contributed by atoms with Gasteiger partial charge in [-0.15, -0.1) is 11.3 Å². The molecule has 1 fully saturated rings. The molecule has 0 aliphatic carbocycles. The Morgan fingerprint density at radius 3 is 2.64 bits per heavy atom. The second-order valence-electron chi connectivity index (χ2n) is 8.24. The van der Waals surface area contributed by atoms with Crippen molar-refractivity contribution in [3.05, 3.63) is 81.4 Å². The van der Waals surface area contributed by atoms with Crippen LogP contribution >= 0.6 is 35.2 Å². The fraction of sp³-hybridized carbons (Fsp3) is 0.160. The van der Waals surface area contributed by atoms with Crippen LogP contribution in [-0.4, -0.2) is 34.0 Å². The van der Waals surface area contributed by atoms with Gasteiger partial charge in [0.2, 0.25) is 0 Å². The van der Waals surface area contributed by atoms with Crippen molar-refractivity contribution >= 4 is 73.5 Å². The van der Waals surface area contributed by atoms with Crippen LogP contribution in [0.15, 0.2) is 60.7 Å². The maximum Gasteiger partial charge on any atom is 0.293 e. The lowest BCUT2D eigenvalue weighted by Crippen LogP contribution is -2.34. The molecule has 0 bridgehead atoms. The van der Waals surface area contributed by atoms with Gasteiger partial charge >= 0.3 is 0 Å². The minimum Gasteiger partial charge on any atom is -0.366 e. The number of para-hydroxylation sites is 1. The van der Waals surface area contributed by atoms with E-state index in [0.717, 1.165) is 46.7 Å². The summed E-state index contributed by atoms with van der Waals surface area (Å²) >= 11 is 13.3. The first kappa shape index (κ1) is 24.1. The number of thiazole rings is 1. The largest absolute Gasteiger partial charge is 0.366 e. The second kappa shape index (κ2) is 10.2. The van der Waals surface area contributed by atoms with Crippen LogP contribution in [0.3, 0.4) is 0 Å². The highest BCUT2D eigenvalue weighted by Crippen LogP contribution is 2.36. The highest BCUT2D eigenvalue weighted by atomic mass is 35.5. The highest BCUT2D eigenvalue weighted by Gasteiger charge is 2.24. The molecule has 1 saturated heterocycles. The lowest BCUT2D eigenvalue weighted by atomic mass is 10.1. The van der Waals surface area contributed by atoms with E-state index < -0.39 is 10.8 Å². The molecule has 2 N–H and O–H groups in total. The zero-order valence-electron chi connectivity index (χ0n) is 18.9. The maximum atomic E-state index is 12.8. The Bertz CT molecular complexity index is 1470. The van der Waals surface area contributed by atoms with Crippen molar-refractivity contribution in [1.29, 1.82) is 0 Å². The molecule has 0 spiro atoms.